The van der Waals surface area contributed by atoms with Crippen molar-refractivity contribution >= 4 is 40.6 Å². The average molecular weight is 483 g/mol. The maximum Gasteiger partial charge on any atom is 0.271 e. The topological polar surface area (TPSA) is 112 Å². The number of nitrogens with one attached hydrogen (secondary N) is 1. The average Bonchev–Trinajstić information content (AvgIpc) is 2.66. The second kappa shape index (κ2) is 9.76. The fourth-order valence-corrected chi connectivity index (χ4v) is 2.87. The van der Waals surface area contributed by atoms with Gasteiger partial charge in [-0.2, -0.15) is 5.10 Å². The van der Waals surface area contributed by atoms with Crippen molar-refractivity contribution in [3.05, 3.63) is 51.1 Å². The number of halogens is 1. The van der Waals surface area contributed by atoms with Crippen molar-refractivity contribution in [2.45, 2.75) is 0 Å². The van der Waals surface area contributed by atoms with Gasteiger partial charge in [0.05, 0.1) is 24.0 Å². The van der Waals surface area contributed by atoms with Gasteiger partial charge in [-0.15, -0.1) is 0 Å². The first-order valence-corrected chi connectivity index (χ1v) is 8.78. The van der Waals surface area contributed by atoms with Crippen LogP contribution in [0.3, 0.4) is 0 Å². The number of primary amides is 1. The van der Waals surface area contributed by atoms with E-state index >= 15 is 0 Å². The highest BCUT2D eigenvalue weighted by Gasteiger charge is 2.12. The highest BCUT2D eigenvalue weighted by molar-refractivity contribution is 14.1. The fraction of sp³-hybridized carbons (Fsp3) is 0.167. The number of rotatable bonds is 8. The number of carbonyl (C=O) groups is 2. The van der Waals surface area contributed by atoms with Crippen LogP contribution in [0, 0.1) is 3.57 Å². The number of methoxy groups -OCH3 is 2. The Bertz CT molecular complexity index is 870. The molecule has 27 heavy (non-hydrogen) atoms. The van der Waals surface area contributed by atoms with Gasteiger partial charge in [0.1, 0.15) is 5.75 Å². The quantitative estimate of drug-likeness (QED) is 0.339. The standard InChI is InChI=1S/C18H18IN3O5/c1-25-13-5-3-4-12(8-13)18(24)22-21-9-11-6-14(19)17(15(7-11)26-2)27-10-16(20)23/h3-9H,10H2,1-2H3,(H2,20,23)(H,22,24)/b21-9+. The largest absolute Gasteiger partial charge is 0.497 e. The van der Waals surface area contributed by atoms with Crippen molar-refractivity contribution in [1.82, 2.24) is 5.43 Å². The molecule has 3 N–H and O–H groups in total. The molecule has 2 aromatic carbocycles. The third-order valence-corrected chi connectivity index (χ3v) is 4.12. The van der Waals surface area contributed by atoms with Crippen LogP contribution in [0.5, 0.6) is 17.2 Å². The number of amides is 2. The smallest absolute Gasteiger partial charge is 0.271 e. The number of hydrogen-bond acceptors (Lipinski definition) is 6. The number of benzene rings is 2. The predicted molar refractivity (Wildman–Crippen MR) is 108 cm³/mol. The van der Waals surface area contributed by atoms with E-state index in [4.69, 9.17) is 19.9 Å². The molecule has 2 aromatic rings. The van der Waals surface area contributed by atoms with Gasteiger partial charge in [0.25, 0.3) is 11.8 Å². The molecule has 0 saturated heterocycles. The van der Waals surface area contributed by atoms with Crippen LogP contribution in [0.4, 0.5) is 0 Å². The number of hydrogen-bond donors (Lipinski definition) is 2. The van der Waals surface area contributed by atoms with E-state index in [1.165, 1.54) is 20.4 Å². The number of carbonyl (C=O) groups excluding carboxylic acids is 2. The zero-order chi connectivity index (χ0) is 19.8. The molecule has 0 bridgehead atoms. The van der Waals surface area contributed by atoms with Crippen LogP contribution >= 0.6 is 22.6 Å². The molecule has 2 amide bonds. The minimum atomic E-state index is -0.584. The summed E-state index contributed by atoms with van der Waals surface area (Å²) in [6.45, 7) is -0.254. The molecule has 0 aromatic heterocycles. The third-order valence-electron chi connectivity index (χ3n) is 3.32. The SMILES string of the molecule is COc1cccc(C(=O)N/N=C/c2cc(I)c(OCC(N)=O)c(OC)c2)c1. The molecule has 0 radical (unpaired) electrons. The van der Waals surface area contributed by atoms with Gasteiger partial charge in [-0.05, 0) is 58.5 Å². The summed E-state index contributed by atoms with van der Waals surface area (Å²) in [6, 6.07) is 10.2. The summed E-state index contributed by atoms with van der Waals surface area (Å²) < 4.78 is 16.4. The van der Waals surface area contributed by atoms with Crippen LogP contribution in [-0.2, 0) is 4.79 Å². The molecule has 0 aliphatic heterocycles. The van der Waals surface area contributed by atoms with Crippen LogP contribution in [0.1, 0.15) is 15.9 Å². The lowest BCUT2D eigenvalue weighted by atomic mass is 10.2. The maximum atomic E-state index is 12.1. The summed E-state index contributed by atoms with van der Waals surface area (Å²) in [7, 11) is 3.01. The first-order chi connectivity index (χ1) is 12.9. The van der Waals surface area contributed by atoms with Crippen LogP contribution in [-0.4, -0.2) is 38.9 Å². The van der Waals surface area contributed by atoms with E-state index in [1.54, 1.807) is 36.4 Å². The molecule has 2 rings (SSSR count). The van der Waals surface area contributed by atoms with E-state index in [0.717, 1.165) is 0 Å². The fourth-order valence-electron chi connectivity index (χ4n) is 2.09. The lowest BCUT2D eigenvalue weighted by molar-refractivity contribution is -0.119. The molecule has 0 spiro atoms. The molecular formula is C18H18IN3O5. The zero-order valence-corrected chi connectivity index (χ0v) is 16.8. The van der Waals surface area contributed by atoms with Gasteiger partial charge in [0.15, 0.2) is 18.1 Å². The lowest BCUT2D eigenvalue weighted by Crippen LogP contribution is -2.20. The van der Waals surface area contributed by atoms with Crippen LogP contribution in [0.2, 0.25) is 0 Å². The van der Waals surface area contributed by atoms with Gasteiger partial charge in [0, 0.05) is 5.56 Å². The van der Waals surface area contributed by atoms with Gasteiger partial charge in [0.2, 0.25) is 0 Å². The van der Waals surface area contributed by atoms with Crippen LogP contribution in [0.15, 0.2) is 41.5 Å². The highest BCUT2D eigenvalue weighted by Crippen LogP contribution is 2.33. The molecule has 0 heterocycles. The van der Waals surface area contributed by atoms with E-state index in [1.807, 2.05) is 22.6 Å². The maximum absolute atomic E-state index is 12.1. The Morgan fingerprint density at radius 2 is 2.00 bits per heavy atom. The molecular weight excluding hydrogens is 465 g/mol. The van der Waals surface area contributed by atoms with Crippen molar-refractivity contribution in [2.24, 2.45) is 10.8 Å². The molecule has 8 nitrogen and oxygen atoms in total. The summed E-state index contributed by atoms with van der Waals surface area (Å²) >= 11 is 2.04. The summed E-state index contributed by atoms with van der Waals surface area (Å²) in [5.74, 6) is 0.461. The Morgan fingerprint density at radius 3 is 2.67 bits per heavy atom. The molecule has 0 saturated carbocycles. The molecule has 9 heteroatoms. The molecule has 0 aliphatic carbocycles. The summed E-state index contributed by atoms with van der Waals surface area (Å²) in [6.07, 6.45) is 1.47. The number of nitrogens with two attached hydrogens (primary N) is 1. The predicted octanol–water partition coefficient (Wildman–Crippen LogP) is 1.94. The Balaban J connectivity index is 2.10. The Hall–Kier alpha value is -2.82. The Labute approximate surface area is 169 Å². The van der Waals surface area contributed by atoms with Gasteiger partial charge in [-0.25, -0.2) is 5.43 Å². The van der Waals surface area contributed by atoms with Gasteiger partial charge in [-0.1, -0.05) is 6.07 Å². The van der Waals surface area contributed by atoms with Gasteiger partial charge in [-0.3, -0.25) is 9.59 Å². The van der Waals surface area contributed by atoms with Crippen molar-refractivity contribution < 1.29 is 23.8 Å². The van der Waals surface area contributed by atoms with Crippen molar-refractivity contribution in [2.75, 3.05) is 20.8 Å². The number of nitrogens with zero attached hydrogens (tertiary/aromatic N) is 1. The first-order valence-electron chi connectivity index (χ1n) is 7.70. The summed E-state index contributed by atoms with van der Waals surface area (Å²) in [5, 5.41) is 3.95. The van der Waals surface area contributed by atoms with E-state index in [2.05, 4.69) is 10.5 Å². The van der Waals surface area contributed by atoms with E-state index in [0.29, 0.717) is 31.9 Å². The number of hydrazone groups is 1. The normalized spacial score (nSPS) is 10.5. The second-order valence-electron chi connectivity index (χ2n) is 5.22. The third kappa shape index (κ3) is 5.84. The van der Waals surface area contributed by atoms with E-state index in [9.17, 15) is 9.59 Å². The van der Waals surface area contributed by atoms with E-state index < -0.39 is 5.91 Å². The highest BCUT2D eigenvalue weighted by atomic mass is 127. The molecule has 0 atom stereocenters. The first kappa shape index (κ1) is 20.5. The minimum absolute atomic E-state index is 0.254. The van der Waals surface area contributed by atoms with Crippen molar-refractivity contribution in [3.8, 4) is 17.2 Å². The number of ether oxygens (including phenoxy) is 3. The van der Waals surface area contributed by atoms with Crippen molar-refractivity contribution in [3.63, 3.8) is 0 Å². The van der Waals surface area contributed by atoms with Gasteiger partial charge >= 0.3 is 0 Å². The van der Waals surface area contributed by atoms with Crippen LogP contribution in [0.25, 0.3) is 0 Å². The second-order valence-corrected chi connectivity index (χ2v) is 6.38. The zero-order valence-electron chi connectivity index (χ0n) is 14.7. The molecule has 0 aliphatic rings. The lowest BCUT2D eigenvalue weighted by Gasteiger charge is -2.12. The Kier molecular flexibility index (Phi) is 7.41. The summed E-state index contributed by atoms with van der Waals surface area (Å²) in [4.78, 5) is 23.0. The van der Waals surface area contributed by atoms with Gasteiger partial charge < -0.3 is 19.9 Å². The van der Waals surface area contributed by atoms with Crippen molar-refractivity contribution in [1.29, 1.82) is 0 Å². The molecule has 142 valence electrons. The summed E-state index contributed by atoms with van der Waals surface area (Å²) in [5.41, 5.74) is 8.64. The molecule has 0 fully saturated rings. The molecule has 0 unspecified atom stereocenters. The van der Waals surface area contributed by atoms with E-state index in [-0.39, 0.29) is 12.5 Å². The monoisotopic (exact) mass is 483 g/mol. The minimum Gasteiger partial charge on any atom is -0.497 e. The van der Waals surface area contributed by atoms with Crippen LogP contribution < -0.4 is 25.4 Å². The Morgan fingerprint density at radius 1 is 1.22 bits per heavy atom.